The van der Waals surface area contributed by atoms with E-state index in [1.165, 1.54) is 0 Å². The second-order valence-electron chi connectivity index (χ2n) is 3.95. The Labute approximate surface area is 106 Å². The van der Waals surface area contributed by atoms with Crippen molar-refractivity contribution in [2.75, 3.05) is 7.11 Å². The van der Waals surface area contributed by atoms with E-state index >= 15 is 0 Å². The number of benzene rings is 2. The van der Waals surface area contributed by atoms with Crippen LogP contribution in [0.5, 0.6) is 11.5 Å². The van der Waals surface area contributed by atoms with E-state index < -0.39 is 5.92 Å². The van der Waals surface area contributed by atoms with Crippen LogP contribution >= 0.6 is 0 Å². The minimum Gasteiger partial charge on any atom is -0.508 e. The molecule has 2 aromatic rings. The molecular formula is C15H14O3. The number of hydrogen-bond donors (Lipinski definition) is 1. The van der Waals surface area contributed by atoms with Crippen molar-refractivity contribution in [1.82, 2.24) is 0 Å². The minimum atomic E-state index is -0.461. The topological polar surface area (TPSA) is 46.5 Å². The van der Waals surface area contributed by atoms with Gasteiger partial charge in [-0.1, -0.05) is 30.3 Å². The molecule has 0 fully saturated rings. The van der Waals surface area contributed by atoms with Crippen LogP contribution in [0.25, 0.3) is 0 Å². The highest BCUT2D eigenvalue weighted by molar-refractivity contribution is 5.70. The molecule has 0 amide bonds. The molecule has 92 valence electrons. The Kier molecular flexibility index (Phi) is 3.63. The lowest BCUT2D eigenvalue weighted by molar-refractivity contribution is -0.108. The molecule has 2 aromatic carbocycles. The van der Waals surface area contributed by atoms with Crippen molar-refractivity contribution in [3.05, 3.63) is 59.7 Å². The average molecular weight is 242 g/mol. The monoisotopic (exact) mass is 242 g/mol. The molecule has 18 heavy (non-hydrogen) atoms. The zero-order valence-electron chi connectivity index (χ0n) is 10.0. The van der Waals surface area contributed by atoms with E-state index in [1.54, 1.807) is 43.5 Å². The van der Waals surface area contributed by atoms with Gasteiger partial charge in [-0.15, -0.1) is 0 Å². The van der Waals surface area contributed by atoms with E-state index in [1.807, 2.05) is 12.1 Å². The maximum Gasteiger partial charge on any atom is 0.131 e. The first-order valence-electron chi connectivity index (χ1n) is 5.63. The van der Waals surface area contributed by atoms with Crippen molar-refractivity contribution in [2.24, 2.45) is 0 Å². The van der Waals surface area contributed by atoms with Crippen LogP contribution in [0.2, 0.25) is 0 Å². The van der Waals surface area contributed by atoms with Crippen molar-refractivity contribution in [2.45, 2.75) is 5.92 Å². The van der Waals surface area contributed by atoms with E-state index in [-0.39, 0.29) is 5.75 Å². The molecule has 0 aliphatic carbocycles. The van der Waals surface area contributed by atoms with Gasteiger partial charge in [0.1, 0.15) is 17.8 Å². The number of rotatable bonds is 4. The van der Waals surface area contributed by atoms with Crippen LogP contribution in [0.15, 0.2) is 48.5 Å². The van der Waals surface area contributed by atoms with Crippen molar-refractivity contribution in [1.29, 1.82) is 0 Å². The number of methoxy groups -OCH3 is 1. The van der Waals surface area contributed by atoms with Crippen molar-refractivity contribution in [3.63, 3.8) is 0 Å². The molecule has 1 N–H and O–H groups in total. The van der Waals surface area contributed by atoms with Crippen LogP contribution in [0, 0.1) is 0 Å². The Balaban J connectivity index is 2.39. The summed E-state index contributed by atoms with van der Waals surface area (Å²) in [5.74, 6) is 0.406. The highest BCUT2D eigenvalue weighted by Crippen LogP contribution is 2.30. The molecule has 1 atom stereocenters. The maximum absolute atomic E-state index is 11.3. The lowest BCUT2D eigenvalue weighted by atomic mass is 9.92. The molecule has 0 aliphatic rings. The normalized spacial score (nSPS) is 11.8. The fourth-order valence-electron chi connectivity index (χ4n) is 1.89. The number of para-hydroxylation sites is 1. The van der Waals surface area contributed by atoms with Gasteiger partial charge in [0, 0.05) is 5.56 Å². The number of ether oxygens (including phenoxy) is 1. The third-order valence-corrected chi connectivity index (χ3v) is 2.88. The standard InChI is InChI=1S/C15H14O3/c1-18-12-8-6-11(7-9-12)14(10-16)13-4-2-3-5-15(13)17/h2-10,14,17H,1H3. The fourth-order valence-corrected chi connectivity index (χ4v) is 1.89. The lowest BCUT2D eigenvalue weighted by Crippen LogP contribution is -2.02. The van der Waals surface area contributed by atoms with Gasteiger partial charge in [-0.3, -0.25) is 0 Å². The molecule has 0 heterocycles. The molecule has 1 unspecified atom stereocenters. The van der Waals surface area contributed by atoms with Crippen LogP contribution in [-0.2, 0) is 4.79 Å². The van der Waals surface area contributed by atoms with Gasteiger partial charge in [0.05, 0.1) is 13.0 Å². The summed E-state index contributed by atoms with van der Waals surface area (Å²) in [6.45, 7) is 0. The average Bonchev–Trinajstić information content (AvgIpc) is 2.42. The van der Waals surface area contributed by atoms with Gasteiger partial charge in [0.15, 0.2) is 0 Å². The third kappa shape index (κ3) is 2.35. The Bertz CT molecular complexity index is 532. The first-order valence-corrected chi connectivity index (χ1v) is 5.63. The Hall–Kier alpha value is -2.29. The quantitative estimate of drug-likeness (QED) is 0.838. The number of phenols is 1. The van der Waals surface area contributed by atoms with Crippen LogP contribution in [-0.4, -0.2) is 18.5 Å². The Morgan fingerprint density at radius 2 is 1.78 bits per heavy atom. The van der Waals surface area contributed by atoms with Gasteiger partial charge >= 0.3 is 0 Å². The van der Waals surface area contributed by atoms with Gasteiger partial charge in [-0.25, -0.2) is 0 Å². The summed E-state index contributed by atoms with van der Waals surface area (Å²) in [5, 5.41) is 9.79. The Morgan fingerprint density at radius 3 is 2.33 bits per heavy atom. The van der Waals surface area contributed by atoms with Crippen molar-refractivity contribution >= 4 is 6.29 Å². The van der Waals surface area contributed by atoms with E-state index in [0.717, 1.165) is 17.6 Å². The second kappa shape index (κ2) is 5.36. The van der Waals surface area contributed by atoms with E-state index in [9.17, 15) is 9.90 Å². The molecule has 0 radical (unpaired) electrons. The number of carbonyl (C=O) groups is 1. The summed E-state index contributed by atoms with van der Waals surface area (Å²) >= 11 is 0. The van der Waals surface area contributed by atoms with Crippen LogP contribution in [0.3, 0.4) is 0 Å². The van der Waals surface area contributed by atoms with Crippen molar-refractivity contribution in [3.8, 4) is 11.5 Å². The van der Waals surface area contributed by atoms with E-state index in [2.05, 4.69) is 0 Å². The van der Waals surface area contributed by atoms with Crippen LogP contribution in [0.1, 0.15) is 17.0 Å². The summed E-state index contributed by atoms with van der Waals surface area (Å²) in [6, 6.07) is 14.1. The number of aldehydes is 1. The van der Waals surface area contributed by atoms with Crippen LogP contribution < -0.4 is 4.74 Å². The smallest absolute Gasteiger partial charge is 0.131 e. The van der Waals surface area contributed by atoms with E-state index in [0.29, 0.717) is 5.56 Å². The molecule has 0 saturated carbocycles. The minimum absolute atomic E-state index is 0.130. The highest BCUT2D eigenvalue weighted by Gasteiger charge is 2.16. The molecule has 0 aliphatic heterocycles. The van der Waals surface area contributed by atoms with Gasteiger partial charge in [-0.05, 0) is 23.8 Å². The van der Waals surface area contributed by atoms with Gasteiger partial charge in [0.25, 0.3) is 0 Å². The molecule has 2 rings (SSSR count). The molecule has 3 heteroatoms. The zero-order valence-corrected chi connectivity index (χ0v) is 10.0. The number of aromatic hydroxyl groups is 1. The summed E-state index contributed by atoms with van der Waals surface area (Å²) in [7, 11) is 1.59. The predicted molar refractivity (Wildman–Crippen MR) is 69.0 cm³/mol. The lowest BCUT2D eigenvalue weighted by Gasteiger charge is -2.13. The summed E-state index contributed by atoms with van der Waals surface area (Å²) in [4.78, 5) is 11.3. The zero-order chi connectivity index (χ0) is 13.0. The van der Waals surface area contributed by atoms with E-state index in [4.69, 9.17) is 4.74 Å². The summed E-state index contributed by atoms with van der Waals surface area (Å²) in [5.41, 5.74) is 1.44. The Morgan fingerprint density at radius 1 is 1.11 bits per heavy atom. The number of hydrogen-bond acceptors (Lipinski definition) is 3. The van der Waals surface area contributed by atoms with Gasteiger partial charge in [-0.2, -0.15) is 0 Å². The van der Waals surface area contributed by atoms with Gasteiger partial charge < -0.3 is 14.6 Å². The summed E-state index contributed by atoms with van der Waals surface area (Å²) < 4.78 is 5.07. The predicted octanol–water partition coefficient (Wildman–Crippen LogP) is 2.73. The first-order chi connectivity index (χ1) is 8.76. The van der Waals surface area contributed by atoms with Crippen molar-refractivity contribution < 1.29 is 14.6 Å². The molecular weight excluding hydrogens is 228 g/mol. The summed E-state index contributed by atoms with van der Waals surface area (Å²) in [6.07, 6.45) is 0.830. The third-order valence-electron chi connectivity index (χ3n) is 2.88. The number of carbonyl (C=O) groups excluding carboxylic acids is 1. The first kappa shape index (κ1) is 12.2. The van der Waals surface area contributed by atoms with Gasteiger partial charge in [0.2, 0.25) is 0 Å². The molecule has 0 bridgehead atoms. The molecule has 0 spiro atoms. The largest absolute Gasteiger partial charge is 0.508 e. The molecule has 0 saturated heterocycles. The maximum atomic E-state index is 11.3. The SMILES string of the molecule is COc1ccc(C(C=O)c2ccccc2O)cc1. The molecule has 3 nitrogen and oxygen atoms in total. The second-order valence-corrected chi connectivity index (χ2v) is 3.95. The van der Waals surface area contributed by atoms with Crippen LogP contribution in [0.4, 0.5) is 0 Å². The number of phenolic OH excluding ortho intramolecular Hbond substituents is 1. The molecule has 0 aromatic heterocycles. The highest BCUT2D eigenvalue weighted by atomic mass is 16.5. The fraction of sp³-hybridized carbons (Fsp3) is 0.133.